The van der Waals surface area contributed by atoms with Gasteiger partial charge in [-0.05, 0) is 33.4 Å². The number of ether oxygens (including phenoxy) is 2. The third-order valence-corrected chi connectivity index (χ3v) is 5.38. The lowest BCUT2D eigenvalue weighted by atomic mass is 10.1. The normalized spacial score (nSPS) is 10.9. The van der Waals surface area contributed by atoms with Gasteiger partial charge in [0.2, 0.25) is 5.91 Å². The van der Waals surface area contributed by atoms with E-state index in [-0.39, 0.29) is 11.9 Å². The minimum Gasteiger partial charge on any atom is -0.468 e. The highest BCUT2D eigenvalue weighted by Gasteiger charge is 2.14. The summed E-state index contributed by atoms with van der Waals surface area (Å²) in [6, 6.07) is 0. The zero-order chi connectivity index (χ0) is 23.9. The maximum atomic E-state index is 12.3. The van der Waals surface area contributed by atoms with E-state index < -0.39 is 0 Å². The lowest BCUT2D eigenvalue weighted by molar-refractivity contribution is -0.144. The molecule has 1 amide bonds. The van der Waals surface area contributed by atoms with Crippen molar-refractivity contribution in [3.05, 3.63) is 0 Å². The van der Waals surface area contributed by atoms with Gasteiger partial charge in [-0.3, -0.25) is 14.4 Å². The van der Waals surface area contributed by atoms with Crippen LogP contribution in [0.4, 0.5) is 0 Å². The summed E-state index contributed by atoms with van der Waals surface area (Å²) in [5.41, 5.74) is 0. The van der Waals surface area contributed by atoms with Crippen molar-refractivity contribution in [1.82, 2.24) is 9.80 Å². The minimum absolute atomic E-state index is 0.0217. The molecule has 0 aromatic carbocycles. The summed E-state index contributed by atoms with van der Waals surface area (Å²) < 4.78 is 10.0. The van der Waals surface area contributed by atoms with Gasteiger partial charge in [-0.1, -0.05) is 71.1 Å². The van der Waals surface area contributed by atoms with Crippen LogP contribution in [-0.2, 0) is 23.9 Å². The number of nitrogens with zero attached hydrogens (tertiary/aromatic N) is 2. The number of carbonyl (C=O) groups is 3. The molecule has 188 valence electrons. The second kappa shape index (κ2) is 22.6. The van der Waals surface area contributed by atoms with Crippen molar-refractivity contribution >= 4 is 18.3 Å². The molecule has 0 rings (SSSR count). The van der Waals surface area contributed by atoms with Crippen LogP contribution >= 0.6 is 0 Å². The summed E-state index contributed by atoms with van der Waals surface area (Å²) >= 11 is 0. The van der Waals surface area contributed by atoms with Crippen molar-refractivity contribution in [3.63, 3.8) is 0 Å². The standard InChI is InChI=1S/C25H48N2O5/c1-4-5-6-7-8-9-10-11-12-13-14-17-25(30)32-21-16-19-27(18-15-20-31-23-28)24(29)22-26(2)3/h23H,4-22H2,1-3H3. The van der Waals surface area contributed by atoms with Crippen molar-refractivity contribution in [2.24, 2.45) is 0 Å². The number of unbranched alkanes of at least 4 members (excludes halogenated alkanes) is 10. The molecular weight excluding hydrogens is 408 g/mol. The molecule has 0 fully saturated rings. The van der Waals surface area contributed by atoms with Crippen LogP contribution in [-0.4, -0.2) is 75.1 Å². The molecule has 0 aliphatic rings. The smallest absolute Gasteiger partial charge is 0.305 e. The topological polar surface area (TPSA) is 76.1 Å². The highest BCUT2D eigenvalue weighted by atomic mass is 16.5. The van der Waals surface area contributed by atoms with Gasteiger partial charge in [0, 0.05) is 19.5 Å². The van der Waals surface area contributed by atoms with Crippen molar-refractivity contribution in [1.29, 1.82) is 0 Å². The molecule has 0 bridgehead atoms. The van der Waals surface area contributed by atoms with Gasteiger partial charge in [0.25, 0.3) is 6.47 Å². The molecule has 7 nitrogen and oxygen atoms in total. The van der Waals surface area contributed by atoms with Crippen LogP contribution in [0.3, 0.4) is 0 Å². The number of hydrogen-bond donors (Lipinski definition) is 0. The van der Waals surface area contributed by atoms with E-state index in [1.807, 2.05) is 19.0 Å². The predicted molar refractivity (Wildman–Crippen MR) is 128 cm³/mol. The van der Waals surface area contributed by atoms with E-state index in [0.29, 0.717) is 58.6 Å². The first-order valence-corrected chi connectivity index (χ1v) is 12.6. The second-order valence-corrected chi connectivity index (χ2v) is 8.80. The molecule has 0 heterocycles. The number of likely N-dealkylation sites (N-methyl/N-ethyl adjacent to an activating group) is 1. The average Bonchev–Trinajstić information content (AvgIpc) is 2.75. The zero-order valence-electron chi connectivity index (χ0n) is 20.9. The molecule has 0 spiro atoms. The van der Waals surface area contributed by atoms with Crippen LogP contribution in [0.5, 0.6) is 0 Å². The molecule has 0 N–H and O–H groups in total. The Labute approximate surface area is 196 Å². The summed E-state index contributed by atoms with van der Waals surface area (Å²) in [4.78, 5) is 38.1. The maximum Gasteiger partial charge on any atom is 0.305 e. The van der Waals surface area contributed by atoms with Crippen LogP contribution in [0.15, 0.2) is 0 Å². The Morgan fingerprint density at radius 2 is 1.28 bits per heavy atom. The molecule has 0 aromatic heterocycles. The van der Waals surface area contributed by atoms with E-state index >= 15 is 0 Å². The Hall–Kier alpha value is -1.63. The number of amides is 1. The lowest BCUT2D eigenvalue weighted by Crippen LogP contribution is -2.39. The molecule has 0 saturated heterocycles. The monoisotopic (exact) mass is 456 g/mol. The molecule has 7 heteroatoms. The molecule has 0 aliphatic carbocycles. The molecule has 32 heavy (non-hydrogen) atoms. The molecule has 0 atom stereocenters. The molecule has 0 radical (unpaired) electrons. The predicted octanol–water partition coefficient (Wildman–Crippen LogP) is 4.57. The van der Waals surface area contributed by atoms with Crippen molar-refractivity contribution in [3.8, 4) is 0 Å². The van der Waals surface area contributed by atoms with Crippen molar-refractivity contribution in [2.45, 2.75) is 96.8 Å². The van der Waals surface area contributed by atoms with Gasteiger partial charge in [-0.15, -0.1) is 0 Å². The fraction of sp³-hybridized carbons (Fsp3) is 0.880. The third-order valence-electron chi connectivity index (χ3n) is 5.38. The first kappa shape index (κ1) is 30.4. The Kier molecular flexibility index (Phi) is 21.4. The lowest BCUT2D eigenvalue weighted by Gasteiger charge is -2.24. The van der Waals surface area contributed by atoms with Gasteiger partial charge < -0.3 is 19.3 Å². The number of hydrogen-bond acceptors (Lipinski definition) is 6. The fourth-order valence-corrected chi connectivity index (χ4v) is 3.57. The number of rotatable bonds is 23. The average molecular weight is 457 g/mol. The molecule has 0 aromatic rings. The summed E-state index contributed by atoms with van der Waals surface area (Å²) in [7, 11) is 3.70. The SMILES string of the molecule is CCCCCCCCCCCCCC(=O)OCCCN(CCCOC=O)C(=O)CN(C)C. The van der Waals surface area contributed by atoms with E-state index in [1.54, 1.807) is 4.90 Å². The molecule has 0 aliphatic heterocycles. The van der Waals surface area contributed by atoms with Gasteiger partial charge in [0.1, 0.15) is 0 Å². The molecular formula is C25H48N2O5. The second-order valence-electron chi connectivity index (χ2n) is 8.80. The van der Waals surface area contributed by atoms with Gasteiger partial charge in [-0.2, -0.15) is 0 Å². The first-order chi connectivity index (χ1) is 15.5. The van der Waals surface area contributed by atoms with E-state index in [4.69, 9.17) is 9.47 Å². The quantitative estimate of drug-likeness (QED) is 0.127. The Morgan fingerprint density at radius 3 is 1.81 bits per heavy atom. The number of esters is 1. The highest BCUT2D eigenvalue weighted by Crippen LogP contribution is 2.12. The first-order valence-electron chi connectivity index (χ1n) is 12.6. The summed E-state index contributed by atoms with van der Waals surface area (Å²) in [5.74, 6) is -0.125. The van der Waals surface area contributed by atoms with Gasteiger partial charge in [-0.25, -0.2) is 0 Å². The fourth-order valence-electron chi connectivity index (χ4n) is 3.57. The van der Waals surface area contributed by atoms with E-state index in [0.717, 1.165) is 12.8 Å². The van der Waals surface area contributed by atoms with Crippen LogP contribution in [0.1, 0.15) is 96.8 Å². The molecule has 0 saturated carbocycles. The zero-order valence-corrected chi connectivity index (χ0v) is 20.9. The van der Waals surface area contributed by atoms with E-state index in [9.17, 15) is 14.4 Å². The van der Waals surface area contributed by atoms with E-state index in [2.05, 4.69) is 6.92 Å². The number of carbonyl (C=O) groups excluding carboxylic acids is 3. The largest absolute Gasteiger partial charge is 0.468 e. The summed E-state index contributed by atoms with van der Waals surface area (Å²) in [6.07, 6.45) is 15.5. The summed E-state index contributed by atoms with van der Waals surface area (Å²) in [6.45, 7) is 4.66. The Balaban J connectivity index is 3.77. The van der Waals surface area contributed by atoms with Crippen LogP contribution < -0.4 is 0 Å². The van der Waals surface area contributed by atoms with Crippen LogP contribution in [0.2, 0.25) is 0 Å². The summed E-state index contributed by atoms with van der Waals surface area (Å²) in [5, 5.41) is 0. The molecule has 0 unspecified atom stereocenters. The Bertz CT molecular complexity index is 471. The van der Waals surface area contributed by atoms with Crippen LogP contribution in [0.25, 0.3) is 0 Å². The van der Waals surface area contributed by atoms with Crippen molar-refractivity contribution in [2.75, 3.05) is 46.9 Å². The van der Waals surface area contributed by atoms with Crippen molar-refractivity contribution < 1.29 is 23.9 Å². The van der Waals surface area contributed by atoms with Gasteiger partial charge >= 0.3 is 5.97 Å². The maximum absolute atomic E-state index is 12.3. The Morgan fingerprint density at radius 1 is 0.750 bits per heavy atom. The van der Waals surface area contributed by atoms with E-state index in [1.165, 1.54) is 57.8 Å². The van der Waals surface area contributed by atoms with Gasteiger partial charge in [0.15, 0.2) is 0 Å². The van der Waals surface area contributed by atoms with Crippen LogP contribution in [0, 0.1) is 0 Å². The van der Waals surface area contributed by atoms with Gasteiger partial charge in [0.05, 0.1) is 19.8 Å². The highest BCUT2D eigenvalue weighted by molar-refractivity contribution is 5.78. The third kappa shape index (κ3) is 20.3. The minimum atomic E-state index is -0.147.